The lowest BCUT2D eigenvalue weighted by atomic mass is 10.0. The van der Waals surface area contributed by atoms with Gasteiger partial charge in [-0.05, 0) is 46.2 Å². The maximum absolute atomic E-state index is 12.5. The lowest BCUT2D eigenvalue weighted by Crippen LogP contribution is -2.45. The molecule has 0 fully saturated rings. The van der Waals surface area contributed by atoms with Crippen molar-refractivity contribution in [3.8, 4) is 0 Å². The Bertz CT molecular complexity index is 628. The molecule has 0 saturated heterocycles. The summed E-state index contributed by atoms with van der Waals surface area (Å²) in [7, 11) is 0. The molecule has 1 N–H and O–H groups in total. The second-order valence-electron chi connectivity index (χ2n) is 5.92. The Labute approximate surface area is 120 Å². The highest BCUT2D eigenvalue weighted by Crippen LogP contribution is 2.21. The molecular formula is C16H23N3O. The number of aromatic nitrogens is 2. The van der Waals surface area contributed by atoms with E-state index in [9.17, 15) is 4.79 Å². The molecule has 2 aromatic rings. The largest absolute Gasteiger partial charge is 0.349 e. The molecule has 1 heterocycles. The number of imidazole rings is 1. The van der Waals surface area contributed by atoms with Crippen molar-refractivity contribution in [2.75, 3.05) is 0 Å². The van der Waals surface area contributed by atoms with E-state index in [4.69, 9.17) is 0 Å². The van der Waals surface area contributed by atoms with Crippen LogP contribution in [-0.2, 0) is 4.79 Å². The number of hydrogen-bond acceptors (Lipinski definition) is 2. The fourth-order valence-corrected chi connectivity index (χ4v) is 2.30. The number of amides is 1. The zero-order chi connectivity index (χ0) is 14.9. The van der Waals surface area contributed by atoms with E-state index in [2.05, 4.69) is 17.2 Å². The summed E-state index contributed by atoms with van der Waals surface area (Å²) in [5, 5.41) is 3.10. The number of nitrogens with one attached hydrogen (secondary N) is 1. The van der Waals surface area contributed by atoms with Crippen LogP contribution < -0.4 is 5.32 Å². The molecule has 0 spiro atoms. The minimum absolute atomic E-state index is 0.0307. The van der Waals surface area contributed by atoms with Crippen LogP contribution in [0.25, 0.3) is 11.0 Å². The lowest BCUT2D eigenvalue weighted by molar-refractivity contribution is -0.125. The Morgan fingerprint density at radius 3 is 2.70 bits per heavy atom. The van der Waals surface area contributed by atoms with Crippen molar-refractivity contribution < 1.29 is 4.79 Å². The molecule has 108 valence electrons. The predicted octanol–water partition coefficient (Wildman–Crippen LogP) is 3.21. The molecule has 0 aliphatic rings. The molecule has 0 aliphatic carbocycles. The Morgan fingerprint density at radius 2 is 2.05 bits per heavy atom. The van der Waals surface area contributed by atoms with Crippen LogP contribution in [0.4, 0.5) is 0 Å². The molecule has 1 unspecified atom stereocenters. The standard InChI is InChI=1S/C16H23N3O/c1-6-16(4,5)18-15(20)11(2)19-12(3)17-13-9-7-8-10-14(13)19/h7-11H,6H2,1-5H3,(H,18,20). The number of nitrogens with zero attached hydrogens (tertiary/aromatic N) is 2. The fourth-order valence-electron chi connectivity index (χ4n) is 2.30. The molecule has 0 radical (unpaired) electrons. The Balaban J connectivity index is 2.34. The van der Waals surface area contributed by atoms with Crippen LogP contribution in [0.1, 0.15) is 46.0 Å². The summed E-state index contributed by atoms with van der Waals surface area (Å²) >= 11 is 0. The first-order chi connectivity index (χ1) is 9.35. The van der Waals surface area contributed by atoms with Crippen molar-refractivity contribution in [3.63, 3.8) is 0 Å². The third-order valence-electron chi connectivity index (χ3n) is 3.88. The van der Waals surface area contributed by atoms with Crippen LogP contribution in [-0.4, -0.2) is 21.0 Å². The van der Waals surface area contributed by atoms with Crippen molar-refractivity contribution in [2.45, 2.75) is 52.6 Å². The first kappa shape index (κ1) is 14.6. The third-order valence-corrected chi connectivity index (χ3v) is 3.88. The van der Waals surface area contributed by atoms with Gasteiger partial charge in [0.2, 0.25) is 5.91 Å². The summed E-state index contributed by atoms with van der Waals surface area (Å²) in [6.07, 6.45) is 0.898. The van der Waals surface area contributed by atoms with Crippen LogP contribution in [0.5, 0.6) is 0 Å². The Kier molecular flexibility index (Phi) is 3.84. The normalized spacial score (nSPS) is 13.4. The van der Waals surface area contributed by atoms with E-state index in [0.717, 1.165) is 23.3 Å². The second kappa shape index (κ2) is 5.27. The van der Waals surface area contributed by atoms with Crippen molar-refractivity contribution in [1.29, 1.82) is 0 Å². The van der Waals surface area contributed by atoms with Crippen LogP contribution in [0, 0.1) is 6.92 Å². The molecule has 1 atom stereocenters. The molecule has 0 aliphatic heterocycles. The molecule has 1 aromatic heterocycles. The average molecular weight is 273 g/mol. The number of aryl methyl sites for hydroxylation is 1. The van der Waals surface area contributed by atoms with Gasteiger partial charge in [0.15, 0.2) is 0 Å². The van der Waals surface area contributed by atoms with E-state index in [0.29, 0.717) is 0 Å². The summed E-state index contributed by atoms with van der Waals surface area (Å²) < 4.78 is 2.00. The van der Waals surface area contributed by atoms with Crippen molar-refractivity contribution in [2.24, 2.45) is 0 Å². The molecule has 0 bridgehead atoms. The smallest absolute Gasteiger partial charge is 0.243 e. The van der Waals surface area contributed by atoms with Gasteiger partial charge >= 0.3 is 0 Å². The third kappa shape index (κ3) is 2.69. The van der Waals surface area contributed by atoms with Gasteiger partial charge in [-0.15, -0.1) is 0 Å². The number of benzene rings is 1. The number of fused-ring (bicyclic) bond motifs is 1. The van der Waals surface area contributed by atoms with E-state index in [1.165, 1.54) is 0 Å². The SMILES string of the molecule is CCC(C)(C)NC(=O)C(C)n1c(C)nc2ccccc21. The number of hydrogen-bond donors (Lipinski definition) is 1. The van der Waals surface area contributed by atoms with Gasteiger partial charge in [0.25, 0.3) is 0 Å². The molecule has 1 amide bonds. The molecule has 4 heteroatoms. The second-order valence-corrected chi connectivity index (χ2v) is 5.92. The zero-order valence-corrected chi connectivity index (χ0v) is 12.9. The predicted molar refractivity (Wildman–Crippen MR) is 81.7 cm³/mol. The highest BCUT2D eigenvalue weighted by molar-refractivity contribution is 5.84. The molecule has 0 saturated carbocycles. The van der Waals surface area contributed by atoms with Gasteiger partial charge in [-0.1, -0.05) is 19.1 Å². The molecule has 20 heavy (non-hydrogen) atoms. The van der Waals surface area contributed by atoms with E-state index < -0.39 is 0 Å². The highest BCUT2D eigenvalue weighted by atomic mass is 16.2. The summed E-state index contributed by atoms with van der Waals surface area (Å²) in [6.45, 7) is 10.0. The average Bonchev–Trinajstić information content (AvgIpc) is 2.73. The van der Waals surface area contributed by atoms with E-state index >= 15 is 0 Å². The quantitative estimate of drug-likeness (QED) is 0.929. The molecule has 4 nitrogen and oxygen atoms in total. The maximum atomic E-state index is 12.5. The summed E-state index contributed by atoms with van der Waals surface area (Å²) in [5.41, 5.74) is 1.75. The van der Waals surface area contributed by atoms with E-state index in [-0.39, 0.29) is 17.5 Å². The number of rotatable bonds is 4. The minimum Gasteiger partial charge on any atom is -0.349 e. The topological polar surface area (TPSA) is 46.9 Å². The van der Waals surface area contributed by atoms with E-state index in [1.807, 2.05) is 56.5 Å². The van der Waals surface area contributed by atoms with Gasteiger partial charge in [0.05, 0.1) is 11.0 Å². The van der Waals surface area contributed by atoms with Gasteiger partial charge in [-0.2, -0.15) is 0 Å². The minimum atomic E-state index is -0.270. The maximum Gasteiger partial charge on any atom is 0.243 e. The van der Waals surface area contributed by atoms with Crippen LogP contribution in [0.3, 0.4) is 0 Å². The van der Waals surface area contributed by atoms with E-state index in [1.54, 1.807) is 0 Å². The molecule has 2 rings (SSSR count). The van der Waals surface area contributed by atoms with Gasteiger partial charge in [-0.3, -0.25) is 4.79 Å². The number of carbonyl (C=O) groups excluding carboxylic acids is 1. The fraction of sp³-hybridized carbons (Fsp3) is 0.500. The monoisotopic (exact) mass is 273 g/mol. The summed E-state index contributed by atoms with van der Waals surface area (Å²) in [6, 6.07) is 7.64. The van der Waals surface area contributed by atoms with Crippen LogP contribution in [0.15, 0.2) is 24.3 Å². The molecule has 1 aromatic carbocycles. The zero-order valence-electron chi connectivity index (χ0n) is 12.9. The van der Waals surface area contributed by atoms with Crippen LogP contribution >= 0.6 is 0 Å². The lowest BCUT2D eigenvalue weighted by Gasteiger charge is -2.27. The van der Waals surface area contributed by atoms with Crippen molar-refractivity contribution in [1.82, 2.24) is 14.9 Å². The Morgan fingerprint density at radius 1 is 1.40 bits per heavy atom. The van der Waals surface area contributed by atoms with Crippen molar-refractivity contribution in [3.05, 3.63) is 30.1 Å². The van der Waals surface area contributed by atoms with Gasteiger partial charge in [0.1, 0.15) is 11.9 Å². The molecular weight excluding hydrogens is 250 g/mol. The van der Waals surface area contributed by atoms with Gasteiger partial charge in [-0.25, -0.2) is 4.98 Å². The highest BCUT2D eigenvalue weighted by Gasteiger charge is 2.24. The van der Waals surface area contributed by atoms with Crippen LogP contribution in [0.2, 0.25) is 0 Å². The van der Waals surface area contributed by atoms with Crippen molar-refractivity contribution >= 4 is 16.9 Å². The summed E-state index contributed by atoms with van der Waals surface area (Å²) in [4.78, 5) is 17.0. The van der Waals surface area contributed by atoms with Gasteiger partial charge < -0.3 is 9.88 Å². The first-order valence-corrected chi connectivity index (χ1v) is 7.11. The van der Waals surface area contributed by atoms with Gasteiger partial charge in [0, 0.05) is 5.54 Å². The number of carbonyl (C=O) groups is 1. The summed E-state index contributed by atoms with van der Waals surface area (Å²) in [5.74, 6) is 0.895. The number of para-hydroxylation sites is 2. The first-order valence-electron chi connectivity index (χ1n) is 7.11. The Hall–Kier alpha value is -1.84.